The Morgan fingerprint density at radius 2 is 1.84 bits per heavy atom. The minimum absolute atomic E-state index is 0.0605. The molecule has 0 aliphatic carbocycles. The van der Waals surface area contributed by atoms with E-state index in [4.69, 9.17) is 4.74 Å². The lowest BCUT2D eigenvalue weighted by atomic mass is 10.2. The first-order valence-corrected chi connectivity index (χ1v) is 5.69. The van der Waals surface area contributed by atoms with Crippen molar-refractivity contribution in [2.24, 2.45) is 0 Å². The van der Waals surface area contributed by atoms with Crippen LogP contribution in [0.2, 0.25) is 0 Å². The van der Waals surface area contributed by atoms with Gasteiger partial charge >= 0.3 is 5.69 Å². The fourth-order valence-electron chi connectivity index (χ4n) is 1.77. The molecule has 0 unspecified atom stereocenters. The smallest absolute Gasteiger partial charge is 0.311 e. The number of ether oxygens (including phenoxy) is 1. The molecule has 2 aromatic carbocycles. The lowest BCUT2D eigenvalue weighted by Gasteiger charge is -2.08. The van der Waals surface area contributed by atoms with Crippen LogP contribution < -0.4 is 4.74 Å². The van der Waals surface area contributed by atoms with Crippen molar-refractivity contribution in [1.29, 1.82) is 0 Å². The Labute approximate surface area is 110 Å². The van der Waals surface area contributed by atoms with Crippen LogP contribution in [0.25, 0.3) is 0 Å². The first-order valence-electron chi connectivity index (χ1n) is 5.69. The van der Waals surface area contributed by atoms with E-state index in [1.807, 2.05) is 6.92 Å². The van der Waals surface area contributed by atoms with Gasteiger partial charge in [-0.25, -0.2) is 0 Å². The highest BCUT2D eigenvalue weighted by molar-refractivity contribution is 5.51. The number of hydrogen-bond acceptors (Lipinski definition) is 4. The number of benzene rings is 2. The van der Waals surface area contributed by atoms with Gasteiger partial charge in [0.1, 0.15) is 11.5 Å². The normalized spacial score (nSPS) is 10.2. The van der Waals surface area contributed by atoms with Gasteiger partial charge in [-0.3, -0.25) is 10.1 Å². The molecule has 5 nitrogen and oxygen atoms in total. The summed E-state index contributed by atoms with van der Waals surface area (Å²) in [6, 6.07) is 9.35. The van der Waals surface area contributed by atoms with Crippen molar-refractivity contribution in [1.82, 2.24) is 0 Å². The zero-order valence-corrected chi connectivity index (χ0v) is 10.6. The summed E-state index contributed by atoms with van der Waals surface area (Å²) in [4.78, 5) is 10.4. The number of aryl methyl sites for hydroxylation is 2. The first-order chi connectivity index (χ1) is 8.95. The maximum Gasteiger partial charge on any atom is 0.311 e. The van der Waals surface area contributed by atoms with Crippen LogP contribution in [-0.2, 0) is 0 Å². The summed E-state index contributed by atoms with van der Waals surface area (Å²) in [6.07, 6.45) is 0. The van der Waals surface area contributed by atoms with Gasteiger partial charge in [0.05, 0.1) is 4.92 Å². The molecule has 0 spiro atoms. The topological polar surface area (TPSA) is 72.6 Å². The second kappa shape index (κ2) is 4.97. The molecule has 0 fully saturated rings. The number of rotatable bonds is 3. The number of aromatic hydroxyl groups is 1. The summed E-state index contributed by atoms with van der Waals surface area (Å²) >= 11 is 0. The molecular formula is C14H13NO4. The van der Waals surface area contributed by atoms with Crippen LogP contribution in [0.5, 0.6) is 17.2 Å². The SMILES string of the molecule is Cc1cc(O)cc(Oc2cc(C)ccc2[N+](=O)[O-])c1. The summed E-state index contributed by atoms with van der Waals surface area (Å²) < 4.78 is 5.51. The van der Waals surface area contributed by atoms with Crippen LogP contribution in [0.1, 0.15) is 11.1 Å². The first kappa shape index (κ1) is 12.9. The van der Waals surface area contributed by atoms with Crippen molar-refractivity contribution in [3.8, 4) is 17.2 Å². The highest BCUT2D eigenvalue weighted by Gasteiger charge is 2.16. The molecule has 0 aliphatic heterocycles. The molecule has 19 heavy (non-hydrogen) atoms. The van der Waals surface area contributed by atoms with Gasteiger partial charge in [-0.05, 0) is 43.2 Å². The van der Waals surface area contributed by atoms with E-state index in [1.54, 1.807) is 31.2 Å². The van der Waals surface area contributed by atoms with Crippen LogP contribution in [0.4, 0.5) is 5.69 Å². The van der Waals surface area contributed by atoms with Gasteiger partial charge in [0.25, 0.3) is 0 Å². The highest BCUT2D eigenvalue weighted by atomic mass is 16.6. The van der Waals surface area contributed by atoms with Crippen LogP contribution in [0.15, 0.2) is 36.4 Å². The van der Waals surface area contributed by atoms with Crippen molar-refractivity contribution in [2.75, 3.05) is 0 Å². The van der Waals surface area contributed by atoms with E-state index in [2.05, 4.69) is 0 Å². The molecule has 2 aromatic rings. The number of nitro benzene ring substituents is 1. The molecule has 0 heterocycles. The Morgan fingerprint density at radius 1 is 1.11 bits per heavy atom. The summed E-state index contributed by atoms with van der Waals surface area (Å²) in [5.41, 5.74) is 1.56. The molecule has 0 atom stereocenters. The zero-order chi connectivity index (χ0) is 14.0. The van der Waals surface area contributed by atoms with Gasteiger partial charge in [0, 0.05) is 12.1 Å². The van der Waals surface area contributed by atoms with Crippen molar-refractivity contribution in [3.05, 3.63) is 57.6 Å². The lowest BCUT2D eigenvalue weighted by Crippen LogP contribution is -1.94. The highest BCUT2D eigenvalue weighted by Crippen LogP contribution is 2.33. The molecule has 2 rings (SSSR count). The van der Waals surface area contributed by atoms with E-state index in [0.29, 0.717) is 5.75 Å². The second-order valence-electron chi connectivity index (χ2n) is 4.33. The maximum atomic E-state index is 10.9. The Morgan fingerprint density at radius 3 is 2.47 bits per heavy atom. The fraction of sp³-hybridized carbons (Fsp3) is 0.143. The third kappa shape index (κ3) is 3.01. The van der Waals surface area contributed by atoms with E-state index in [0.717, 1.165) is 11.1 Å². The van der Waals surface area contributed by atoms with E-state index < -0.39 is 4.92 Å². The van der Waals surface area contributed by atoms with Crippen LogP contribution >= 0.6 is 0 Å². The second-order valence-corrected chi connectivity index (χ2v) is 4.33. The van der Waals surface area contributed by atoms with E-state index in [9.17, 15) is 15.2 Å². The minimum Gasteiger partial charge on any atom is -0.508 e. The molecule has 0 amide bonds. The van der Waals surface area contributed by atoms with Gasteiger partial charge in [-0.15, -0.1) is 0 Å². The molecule has 1 N–H and O–H groups in total. The lowest BCUT2D eigenvalue weighted by molar-refractivity contribution is -0.385. The van der Waals surface area contributed by atoms with Gasteiger partial charge in [0.2, 0.25) is 5.75 Å². The van der Waals surface area contributed by atoms with Gasteiger partial charge in [-0.2, -0.15) is 0 Å². The Bertz CT molecular complexity index is 617. The Kier molecular flexibility index (Phi) is 3.37. The molecule has 0 aromatic heterocycles. The standard InChI is InChI=1S/C14H13NO4/c1-9-3-4-13(15(17)18)14(7-9)19-12-6-10(2)5-11(16)8-12/h3-8,16H,1-2H3. The van der Waals surface area contributed by atoms with Gasteiger partial charge < -0.3 is 9.84 Å². The molecule has 0 saturated heterocycles. The summed E-state index contributed by atoms with van der Waals surface area (Å²) in [6.45, 7) is 3.63. The minimum atomic E-state index is -0.496. The summed E-state index contributed by atoms with van der Waals surface area (Å²) in [7, 11) is 0. The molecule has 0 bridgehead atoms. The maximum absolute atomic E-state index is 10.9. The average Bonchev–Trinajstić information content (AvgIpc) is 2.26. The third-order valence-corrected chi connectivity index (χ3v) is 2.58. The molecule has 98 valence electrons. The zero-order valence-electron chi connectivity index (χ0n) is 10.6. The fourth-order valence-corrected chi connectivity index (χ4v) is 1.77. The third-order valence-electron chi connectivity index (χ3n) is 2.58. The Hall–Kier alpha value is -2.56. The molecule has 5 heteroatoms. The monoisotopic (exact) mass is 259 g/mol. The number of nitro groups is 1. The van der Waals surface area contributed by atoms with Crippen LogP contribution in [-0.4, -0.2) is 10.0 Å². The number of phenols is 1. The molecule has 0 aliphatic rings. The van der Waals surface area contributed by atoms with E-state index >= 15 is 0 Å². The Balaban J connectivity index is 2.42. The summed E-state index contributed by atoms with van der Waals surface area (Å²) in [5, 5.41) is 20.4. The van der Waals surface area contributed by atoms with E-state index in [-0.39, 0.29) is 17.2 Å². The van der Waals surface area contributed by atoms with Gasteiger partial charge in [-0.1, -0.05) is 6.07 Å². The van der Waals surface area contributed by atoms with E-state index in [1.165, 1.54) is 12.1 Å². The summed E-state index contributed by atoms with van der Waals surface area (Å²) in [5.74, 6) is 0.589. The number of nitrogens with zero attached hydrogens (tertiary/aromatic N) is 1. The molecular weight excluding hydrogens is 246 g/mol. The number of phenolic OH excluding ortho intramolecular Hbond substituents is 1. The quantitative estimate of drug-likeness (QED) is 0.673. The van der Waals surface area contributed by atoms with Crippen molar-refractivity contribution >= 4 is 5.69 Å². The van der Waals surface area contributed by atoms with Crippen LogP contribution in [0.3, 0.4) is 0 Å². The van der Waals surface area contributed by atoms with Crippen LogP contribution in [0, 0.1) is 24.0 Å². The average molecular weight is 259 g/mol. The van der Waals surface area contributed by atoms with Crippen molar-refractivity contribution in [2.45, 2.75) is 13.8 Å². The number of hydrogen-bond donors (Lipinski definition) is 1. The van der Waals surface area contributed by atoms with Crippen molar-refractivity contribution in [3.63, 3.8) is 0 Å². The predicted octanol–water partition coefficient (Wildman–Crippen LogP) is 3.71. The largest absolute Gasteiger partial charge is 0.508 e. The van der Waals surface area contributed by atoms with Gasteiger partial charge in [0.15, 0.2) is 0 Å². The molecule has 0 saturated carbocycles. The van der Waals surface area contributed by atoms with Crippen molar-refractivity contribution < 1.29 is 14.8 Å². The predicted molar refractivity (Wildman–Crippen MR) is 70.8 cm³/mol. The molecule has 0 radical (unpaired) electrons.